The molecule has 0 saturated carbocycles. The van der Waals surface area contributed by atoms with Crippen LogP contribution in [0.15, 0.2) is 34.1 Å². The summed E-state index contributed by atoms with van der Waals surface area (Å²) < 4.78 is 51.9. The molecule has 2 aromatic carbocycles. The van der Waals surface area contributed by atoms with E-state index >= 15 is 0 Å². The Morgan fingerprint density at radius 3 is 0.911 bits per heavy atom. The topological polar surface area (TPSA) is 112 Å². The van der Waals surface area contributed by atoms with Crippen molar-refractivity contribution in [3.63, 3.8) is 0 Å². The molecule has 45 heavy (non-hydrogen) atoms. The number of benzene rings is 2. The highest BCUT2D eigenvalue weighted by atomic mass is 32.2. The molecule has 0 spiro atoms. The fraction of sp³-hybridized carbons (Fsp3) is 0.667. The van der Waals surface area contributed by atoms with Crippen LogP contribution >= 0.6 is 0 Å². The van der Waals surface area contributed by atoms with Crippen molar-refractivity contribution < 1.29 is 37.6 Å². The van der Waals surface area contributed by atoms with Crippen molar-refractivity contribution in [1.82, 2.24) is 0 Å². The number of phenols is 2. The van der Waals surface area contributed by atoms with Crippen LogP contribution in [0.2, 0.25) is 0 Å². The number of unbranched alkanes of at least 4 members (excludes halogenated alkanes) is 12. The smallest absolute Gasteiger partial charge is 0.207 e. The van der Waals surface area contributed by atoms with Crippen LogP contribution in [-0.2, 0) is 9.84 Å². The maximum absolute atomic E-state index is 14.1. The van der Waals surface area contributed by atoms with Gasteiger partial charge in [0.25, 0.3) is 0 Å². The van der Waals surface area contributed by atoms with Crippen LogP contribution in [0, 0.1) is 0 Å². The molecule has 0 aliphatic carbocycles. The monoisotopic (exact) mass is 650 g/mol. The zero-order chi connectivity index (χ0) is 32.9. The van der Waals surface area contributed by atoms with Gasteiger partial charge in [0.1, 0.15) is 0 Å². The Hall–Kier alpha value is -2.81. The minimum absolute atomic E-state index is 0.0645. The summed E-state index contributed by atoms with van der Waals surface area (Å²) in [5.74, 6) is -0.162. The Morgan fingerprint density at radius 2 is 0.689 bits per heavy atom. The Bertz CT molecular complexity index is 1050. The third-order valence-corrected chi connectivity index (χ3v) is 9.38. The van der Waals surface area contributed by atoms with Gasteiger partial charge in [0, 0.05) is 24.3 Å². The van der Waals surface area contributed by atoms with Gasteiger partial charge in [-0.2, -0.15) is 0 Å². The molecule has 2 N–H and O–H groups in total. The molecule has 0 bridgehead atoms. The number of sulfone groups is 1. The van der Waals surface area contributed by atoms with E-state index in [0.29, 0.717) is 26.4 Å². The molecule has 0 saturated heterocycles. The van der Waals surface area contributed by atoms with Crippen LogP contribution < -0.4 is 18.9 Å². The van der Waals surface area contributed by atoms with Crippen LogP contribution in [0.1, 0.15) is 130 Å². The molecule has 0 heterocycles. The summed E-state index contributed by atoms with van der Waals surface area (Å²) in [6.07, 6.45) is 15.7. The predicted molar refractivity (Wildman–Crippen MR) is 180 cm³/mol. The quantitative estimate of drug-likeness (QED) is 0.0968. The average molecular weight is 651 g/mol. The third-order valence-electron chi connectivity index (χ3n) is 7.67. The first kappa shape index (κ1) is 38.4. The van der Waals surface area contributed by atoms with Crippen LogP contribution in [0.4, 0.5) is 0 Å². The summed E-state index contributed by atoms with van der Waals surface area (Å²) in [7, 11) is -4.16. The van der Waals surface area contributed by atoms with Gasteiger partial charge >= 0.3 is 0 Å². The predicted octanol–water partition coefficient (Wildman–Crippen LogP) is 9.77. The Morgan fingerprint density at radius 1 is 0.444 bits per heavy atom. The van der Waals surface area contributed by atoms with Gasteiger partial charge in [-0.1, -0.05) is 105 Å². The first-order valence-corrected chi connectivity index (χ1v) is 18.8. The zero-order valence-electron chi connectivity index (χ0n) is 28.2. The van der Waals surface area contributed by atoms with E-state index in [1.165, 1.54) is 24.3 Å². The standard InChI is InChI=1S/C36H58O8S/c1-5-9-13-17-21-41-31-25-29(26-32(35(31)37)42-22-18-14-10-6-2)45(39,40)30-27-33(43-23-19-15-11-7-3)36(38)34(28-30)44-24-20-16-12-8-4/h25-28,37-38H,5-24H2,1-4H3. The lowest BCUT2D eigenvalue weighted by Gasteiger charge is -2.17. The molecular formula is C36H58O8S. The molecule has 2 rings (SSSR count). The van der Waals surface area contributed by atoms with Crippen molar-refractivity contribution in [2.24, 2.45) is 0 Å². The number of aromatic hydroxyl groups is 2. The fourth-order valence-corrected chi connectivity index (χ4v) is 6.17. The van der Waals surface area contributed by atoms with E-state index < -0.39 is 9.84 Å². The van der Waals surface area contributed by atoms with Crippen molar-refractivity contribution in [3.05, 3.63) is 24.3 Å². The second kappa shape index (κ2) is 21.8. The Kier molecular flexibility index (Phi) is 18.6. The number of rotatable bonds is 26. The minimum atomic E-state index is -4.16. The second-order valence-corrected chi connectivity index (χ2v) is 13.6. The van der Waals surface area contributed by atoms with Crippen LogP contribution in [0.25, 0.3) is 0 Å². The molecule has 0 aliphatic rings. The van der Waals surface area contributed by atoms with E-state index in [9.17, 15) is 18.6 Å². The molecular weight excluding hydrogens is 592 g/mol. The van der Waals surface area contributed by atoms with Crippen molar-refractivity contribution in [2.75, 3.05) is 26.4 Å². The normalized spacial score (nSPS) is 11.5. The molecule has 8 nitrogen and oxygen atoms in total. The van der Waals surface area contributed by atoms with Crippen LogP contribution in [-0.4, -0.2) is 45.1 Å². The molecule has 0 aromatic heterocycles. The molecule has 0 radical (unpaired) electrons. The van der Waals surface area contributed by atoms with Crippen molar-refractivity contribution in [2.45, 2.75) is 140 Å². The highest BCUT2D eigenvalue weighted by Gasteiger charge is 2.26. The highest BCUT2D eigenvalue weighted by molar-refractivity contribution is 7.91. The number of hydrogen-bond donors (Lipinski definition) is 2. The maximum atomic E-state index is 14.1. The number of ether oxygens (including phenoxy) is 4. The summed E-state index contributed by atoms with van der Waals surface area (Å²) in [4.78, 5) is -0.165. The first-order valence-electron chi connectivity index (χ1n) is 17.3. The van der Waals surface area contributed by atoms with Crippen LogP contribution in [0.5, 0.6) is 34.5 Å². The molecule has 2 aromatic rings. The minimum Gasteiger partial charge on any atom is -0.502 e. The number of phenolic OH excluding ortho intramolecular Hbond substituents is 2. The van der Waals surface area contributed by atoms with Gasteiger partial charge in [0.15, 0.2) is 23.0 Å². The Labute approximate surface area is 272 Å². The lowest BCUT2D eigenvalue weighted by molar-refractivity contribution is 0.263. The van der Waals surface area contributed by atoms with E-state index in [1.54, 1.807) is 0 Å². The molecule has 0 aliphatic heterocycles. The van der Waals surface area contributed by atoms with Crippen molar-refractivity contribution in [3.8, 4) is 34.5 Å². The van der Waals surface area contributed by atoms with E-state index in [-0.39, 0.29) is 44.3 Å². The highest BCUT2D eigenvalue weighted by Crippen LogP contribution is 2.44. The Balaban J connectivity index is 2.45. The summed E-state index contributed by atoms with van der Waals surface area (Å²) >= 11 is 0. The largest absolute Gasteiger partial charge is 0.502 e. The number of hydrogen-bond acceptors (Lipinski definition) is 8. The fourth-order valence-electron chi connectivity index (χ4n) is 4.85. The van der Waals surface area contributed by atoms with Gasteiger partial charge in [-0.3, -0.25) is 0 Å². The van der Waals surface area contributed by atoms with E-state index in [0.717, 1.165) is 103 Å². The van der Waals surface area contributed by atoms with E-state index in [4.69, 9.17) is 18.9 Å². The van der Waals surface area contributed by atoms with Crippen molar-refractivity contribution in [1.29, 1.82) is 0 Å². The average Bonchev–Trinajstić information content (AvgIpc) is 3.03. The molecule has 256 valence electrons. The van der Waals surface area contributed by atoms with E-state index in [2.05, 4.69) is 27.7 Å². The summed E-state index contributed by atoms with van der Waals surface area (Å²) in [5, 5.41) is 22.0. The van der Waals surface area contributed by atoms with Crippen LogP contribution in [0.3, 0.4) is 0 Å². The molecule has 0 unspecified atom stereocenters. The molecule has 0 amide bonds. The third kappa shape index (κ3) is 13.2. The first-order chi connectivity index (χ1) is 21.8. The van der Waals surface area contributed by atoms with Gasteiger partial charge in [0.05, 0.1) is 36.2 Å². The molecule has 0 atom stereocenters. The molecule has 0 fully saturated rings. The lowest BCUT2D eigenvalue weighted by atomic mass is 10.2. The van der Waals surface area contributed by atoms with Gasteiger partial charge < -0.3 is 29.2 Å². The van der Waals surface area contributed by atoms with E-state index in [1.807, 2.05) is 0 Å². The molecule has 9 heteroatoms. The SMILES string of the molecule is CCCCCCOc1cc(S(=O)(=O)c2cc(OCCCCCC)c(O)c(OCCCCCC)c2)cc(OCCCCCC)c1O. The van der Waals surface area contributed by atoms with Crippen molar-refractivity contribution >= 4 is 9.84 Å². The summed E-state index contributed by atoms with van der Waals surface area (Å²) in [6, 6.07) is 5.38. The maximum Gasteiger partial charge on any atom is 0.207 e. The lowest BCUT2D eigenvalue weighted by Crippen LogP contribution is -2.08. The second-order valence-electron chi connectivity index (χ2n) is 11.7. The zero-order valence-corrected chi connectivity index (χ0v) is 29.0. The van der Waals surface area contributed by atoms with Gasteiger partial charge in [0.2, 0.25) is 21.3 Å². The summed E-state index contributed by atoms with van der Waals surface area (Å²) in [5.41, 5.74) is 0. The van der Waals surface area contributed by atoms with Gasteiger partial charge in [-0.25, -0.2) is 8.42 Å². The van der Waals surface area contributed by atoms with Gasteiger partial charge in [-0.05, 0) is 25.7 Å². The summed E-state index contributed by atoms with van der Waals surface area (Å²) in [6.45, 7) is 9.88. The van der Waals surface area contributed by atoms with Gasteiger partial charge in [-0.15, -0.1) is 0 Å².